The van der Waals surface area contributed by atoms with E-state index in [1.54, 1.807) is 0 Å². The number of carbonyl (C=O) groups excluding carboxylic acids is 1. The smallest absolute Gasteiger partial charge is 0.168 e. The number of carbonyl (C=O) groups is 1. The molecule has 0 aliphatic heterocycles. The van der Waals surface area contributed by atoms with Gasteiger partial charge in [0.25, 0.3) is 0 Å². The van der Waals surface area contributed by atoms with Crippen LogP contribution in [-0.2, 0) is 0 Å². The van der Waals surface area contributed by atoms with E-state index in [0.717, 1.165) is 12.1 Å². The van der Waals surface area contributed by atoms with Gasteiger partial charge in [-0.25, -0.2) is 13.8 Å². The van der Waals surface area contributed by atoms with Gasteiger partial charge in [-0.15, -0.1) is 0 Å². The third kappa shape index (κ3) is 1.25. The van der Waals surface area contributed by atoms with Gasteiger partial charge in [-0.2, -0.15) is 0 Å². The lowest BCUT2D eigenvalue weighted by Crippen LogP contribution is -1.92. The van der Waals surface area contributed by atoms with Crippen LogP contribution in [0.4, 0.5) is 8.78 Å². The SMILES string of the molecule is O=Cc1ccc2c(F)ccc(F)c2n1. The van der Waals surface area contributed by atoms with Crippen molar-refractivity contribution < 1.29 is 13.6 Å². The minimum Gasteiger partial charge on any atom is -0.296 e. The molecule has 0 saturated carbocycles. The monoisotopic (exact) mass is 193 g/mol. The molecule has 0 bridgehead atoms. The summed E-state index contributed by atoms with van der Waals surface area (Å²) in [6, 6.07) is 4.70. The first-order valence-corrected chi connectivity index (χ1v) is 3.92. The van der Waals surface area contributed by atoms with E-state index in [4.69, 9.17) is 0 Å². The molecule has 1 heterocycles. The van der Waals surface area contributed by atoms with Crippen molar-refractivity contribution in [2.24, 2.45) is 0 Å². The van der Waals surface area contributed by atoms with Gasteiger partial charge in [0.05, 0.1) is 0 Å². The molecule has 0 unspecified atom stereocenters. The molecule has 0 radical (unpaired) electrons. The summed E-state index contributed by atoms with van der Waals surface area (Å²) >= 11 is 0. The minimum atomic E-state index is -0.634. The Morgan fingerprint density at radius 1 is 1.07 bits per heavy atom. The quantitative estimate of drug-likeness (QED) is 0.650. The number of benzene rings is 1. The molecule has 0 atom stereocenters. The minimum absolute atomic E-state index is 0.0793. The number of fused-ring (bicyclic) bond motifs is 1. The van der Waals surface area contributed by atoms with Gasteiger partial charge < -0.3 is 0 Å². The van der Waals surface area contributed by atoms with Gasteiger partial charge in [0.1, 0.15) is 22.8 Å². The van der Waals surface area contributed by atoms with Crippen LogP contribution in [0.1, 0.15) is 10.5 Å². The molecule has 0 aliphatic rings. The Morgan fingerprint density at radius 3 is 2.50 bits per heavy atom. The van der Waals surface area contributed by atoms with Crippen molar-refractivity contribution in [2.75, 3.05) is 0 Å². The normalized spacial score (nSPS) is 10.4. The highest BCUT2D eigenvalue weighted by atomic mass is 19.1. The van der Waals surface area contributed by atoms with Gasteiger partial charge in [0.15, 0.2) is 6.29 Å². The molecule has 0 fully saturated rings. The molecule has 0 amide bonds. The number of hydrogen-bond acceptors (Lipinski definition) is 2. The molecule has 70 valence electrons. The summed E-state index contributed by atoms with van der Waals surface area (Å²) in [5, 5.41) is 0.0793. The van der Waals surface area contributed by atoms with E-state index in [0.29, 0.717) is 6.29 Å². The number of nitrogens with zero attached hydrogens (tertiary/aromatic N) is 1. The third-order valence-electron chi connectivity index (χ3n) is 1.90. The second-order valence-electron chi connectivity index (χ2n) is 2.78. The third-order valence-corrected chi connectivity index (χ3v) is 1.90. The molecular formula is C10H5F2NO. The molecule has 2 nitrogen and oxygen atoms in total. The molecule has 4 heteroatoms. The molecule has 1 aromatic carbocycles. The highest BCUT2D eigenvalue weighted by molar-refractivity contribution is 5.84. The van der Waals surface area contributed by atoms with E-state index < -0.39 is 11.6 Å². The summed E-state index contributed by atoms with van der Waals surface area (Å²) in [6.07, 6.45) is 0.490. The second kappa shape index (κ2) is 3.14. The van der Waals surface area contributed by atoms with Crippen molar-refractivity contribution in [3.05, 3.63) is 41.6 Å². The summed E-state index contributed by atoms with van der Waals surface area (Å²) in [4.78, 5) is 14.0. The molecule has 2 rings (SSSR count). The number of halogens is 2. The fourth-order valence-corrected chi connectivity index (χ4v) is 1.23. The highest BCUT2D eigenvalue weighted by Crippen LogP contribution is 2.18. The van der Waals surface area contributed by atoms with Crippen LogP contribution in [0.2, 0.25) is 0 Å². The molecule has 2 aromatic rings. The molecule has 0 spiro atoms. The number of pyridine rings is 1. The summed E-state index contributed by atoms with van der Waals surface area (Å²) in [6.45, 7) is 0. The Bertz CT molecular complexity index is 511. The van der Waals surface area contributed by atoms with Gasteiger partial charge in [-0.3, -0.25) is 4.79 Å². The van der Waals surface area contributed by atoms with Crippen molar-refractivity contribution in [1.82, 2.24) is 4.98 Å². The molecule has 0 saturated heterocycles. The highest BCUT2D eigenvalue weighted by Gasteiger charge is 2.07. The average molecular weight is 193 g/mol. The van der Waals surface area contributed by atoms with Crippen molar-refractivity contribution in [3.8, 4) is 0 Å². The first-order chi connectivity index (χ1) is 6.72. The maximum Gasteiger partial charge on any atom is 0.168 e. The zero-order valence-corrected chi connectivity index (χ0v) is 7.00. The van der Waals surface area contributed by atoms with Crippen LogP contribution in [0.3, 0.4) is 0 Å². The Hall–Kier alpha value is -1.84. The van der Waals surface area contributed by atoms with Gasteiger partial charge in [-0.1, -0.05) is 0 Å². The van der Waals surface area contributed by atoms with Crippen LogP contribution < -0.4 is 0 Å². The second-order valence-corrected chi connectivity index (χ2v) is 2.78. The van der Waals surface area contributed by atoms with Crippen molar-refractivity contribution in [3.63, 3.8) is 0 Å². The van der Waals surface area contributed by atoms with Gasteiger partial charge >= 0.3 is 0 Å². The zero-order chi connectivity index (χ0) is 10.1. The Labute approximate surface area is 78.2 Å². The van der Waals surface area contributed by atoms with E-state index >= 15 is 0 Å². The summed E-state index contributed by atoms with van der Waals surface area (Å²) in [5.74, 6) is -1.18. The lowest BCUT2D eigenvalue weighted by molar-refractivity contribution is 0.111. The van der Waals surface area contributed by atoms with Crippen LogP contribution in [0, 0.1) is 11.6 Å². The van der Waals surface area contributed by atoms with E-state index in [-0.39, 0.29) is 16.6 Å². The van der Waals surface area contributed by atoms with E-state index in [1.807, 2.05) is 0 Å². The molecule has 1 aromatic heterocycles. The van der Waals surface area contributed by atoms with Crippen LogP contribution in [0.5, 0.6) is 0 Å². The van der Waals surface area contributed by atoms with E-state index in [9.17, 15) is 13.6 Å². The number of hydrogen-bond donors (Lipinski definition) is 0. The van der Waals surface area contributed by atoms with E-state index in [1.165, 1.54) is 12.1 Å². The molecule has 14 heavy (non-hydrogen) atoms. The van der Waals surface area contributed by atoms with Crippen LogP contribution in [0.25, 0.3) is 10.9 Å². The Morgan fingerprint density at radius 2 is 1.79 bits per heavy atom. The van der Waals surface area contributed by atoms with Crippen LogP contribution in [0.15, 0.2) is 24.3 Å². The van der Waals surface area contributed by atoms with Gasteiger partial charge in [0.2, 0.25) is 0 Å². The molecular weight excluding hydrogens is 188 g/mol. The topological polar surface area (TPSA) is 30.0 Å². The number of rotatable bonds is 1. The average Bonchev–Trinajstić information content (AvgIpc) is 2.23. The Balaban J connectivity index is 2.86. The van der Waals surface area contributed by atoms with E-state index in [2.05, 4.69) is 4.98 Å². The lowest BCUT2D eigenvalue weighted by Gasteiger charge is -2.00. The maximum absolute atomic E-state index is 13.1. The predicted octanol–water partition coefficient (Wildman–Crippen LogP) is 2.33. The Kier molecular flexibility index (Phi) is 1.96. The standard InChI is InChI=1S/C10H5F2NO/c11-8-3-4-9(12)10-7(8)2-1-6(5-14)13-10/h1-5H. The largest absolute Gasteiger partial charge is 0.296 e. The maximum atomic E-state index is 13.1. The van der Waals surface area contributed by atoms with Gasteiger partial charge in [-0.05, 0) is 24.3 Å². The zero-order valence-electron chi connectivity index (χ0n) is 7.00. The molecule has 0 aliphatic carbocycles. The first-order valence-electron chi connectivity index (χ1n) is 3.92. The fraction of sp³-hybridized carbons (Fsp3) is 0. The van der Waals surface area contributed by atoms with Crippen molar-refractivity contribution >= 4 is 17.2 Å². The molecule has 0 N–H and O–H groups in total. The number of aldehydes is 1. The fourth-order valence-electron chi connectivity index (χ4n) is 1.23. The summed E-state index contributed by atoms with van der Waals surface area (Å²) in [7, 11) is 0. The number of aromatic nitrogens is 1. The van der Waals surface area contributed by atoms with Crippen molar-refractivity contribution in [1.29, 1.82) is 0 Å². The lowest BCUT2D eigenvalue weighted by atomic mass is 10.2. The predicted molar refractivity (Wildman–Crippen MR) is 47.0 cm³/mol. The summed E-state index contributed by atoms with van der Waals surface area (Å²) < 4.78 is 26.2. The van der Waals surface area contributed by atoms with Crippen molar-refractivity contribution in [2.45, 2.75) is 0 Å². The first kappa shape index (κ1) is 8.74. The van der Waals surface area contributed by atoms with Crippen LogP contribution >= 0.6 is 0 Å². The van der Waals surface area contributed by atoms with Gasteiger partial charge in [0, 0.05) is 5.39 Å². The van der Waals surface area contributed by atoms with Crippen LogP contribution in [-0.4, -0.2) is 11.3 Å². The summed E-state index contributed by atoms with van der Waals surface area (Å²) in [5.41, 5.74) is -0.0309.